The molecule has 1 heterocycles. The number of carbonyl (C=O) groups excluding carboxylic acids is 1. The van der Waals surface area contributed by atoms with Crippen molar-refractivity contribution in [1.82, 2.24) is 9.78 Å². The van der Waals surface area contributed by atoms with Gasteiger partial charge in [0.15, 0.2) is 5.78 Å². The molecule has 0 saturated carbocycles. The van der Waals surface area contributed by atoms with E-state index in [-0.39, 0.29) is 5.56 Å². The number of rotatable bonds is 2. The fourth-order valence-electron chi connectivity index (χ4n) is 1.80. The zero-order valence-electron chi connectivity index (χ0n) is 10.1. The van der Waals surface area contributed by atoms with Crippen molar-refractivity contribution >= 4 is 5.78 Å². The maximum Gasteiger partial charge on any atom is 0.313 e. The summed E-state index contributed by atoms with van der Waals surface area (Å²) in [6, 6.07) is 8.95. The Morgan fingerprint density at radius 2 is 1.78 bits per heavy atom. The van der Waals surface area contributed by atoms with E-state index in [2.05, 4.69) is 5.10 Å². The van der Waals surface area contributed by atoms with Crippen LogP contribution < -0.4 is 11.0 Å². The Morgan fingerprint density at radius 3 is 2.33 bits per heavy atom. The summed E-state index contributed by atoms with van der Waals surface area (Å²) in [4.78, 5) is 35.0. The van der Waals surface area contributed by atoms with E-state index in [1.54, 1.807) is 24.3 Å². The van der Waals surface area contributed by atoms with Crippen LogP contribution in [0.25, 0.3) is 11.3 Å². The van der Waals surface area contributed by atoms with Crippen molar-refractivity contribution in [2.75, 3.05) is 0 Å². The Morgan fingerprint density at radius 1 is 1.17 bits per heavy atom. The number of benzene rings is 1. The molecule has 2 aromatic rings. The summed E-state index contributed by atoms with van der Waals surface area (Å²) in [6.07, 6.45) is 0. The molecule has 0 aliphatic rings. The summed E-state index contributed by atoms with van der Waals surface area (Å²) < 4.78 is 1.08. The van der Waals surface area contributed by atoms with Crippen LogP contribution >= 0.6 is 0 Å². The molecular weight excluding hydrogens is 232 g/mol. The topological polar surface area (TPSA) is 71.9 Å². The lowest BCUT2D eigenvalue weighted by Gasteiger charge is -2.08. The third-order valence-electron chi connectivity index (χ3n) is 2.67. The predicted octanol–water partition coefficient (Wildman–Crippen LogP) is 0.943. The average Bonchev–Trinajstić information content (AvgIpc) is 2.36. The Kier molecular flexibility index (Phi) is 2.97. The van der Waals surface area contributed by atoms with Crippen LogP contribution in [0.2, 0.25) is 0 Å². The largest absolute Gasteiger partial charge is 0.313 e. The van der Waals surface area contributed by atoms with Crippen molar-refractivity contribution in [2.24, 2.45) is 7.05 Å². The highest BCUT2D eigenvalue weighted by molar-refractivity contribution is 5.99. The SMILES string of the molecule is CC(=O)c1c(-c2ccccc2)[nH]n(C)c(=O)c1=O. The molecule has 0 fully saturated rings. The van der Waals surface area contributed by atoms with Gasteiger partial charge in [-0.25, -0.2) is 0 Å². The number of carbonyl (C=O) groups is 1. The van der Waals surface area contributed by atoms with Gasteiger partial charge in [-0.05, 0) is 6.92 Å². The average molecular weight is 244 g/mol. The number of aromatic amines is 1. The number of nitrogens with one attached hydrogen (secondary N) is 1. The van der Waals surface area contributed by atoms with Crippen molar-refractivity contribution in [2.45, 2.75) is 6.92 Å². The molecule has 0 unspecified atom stereocenters. The normalized spacial score (nSPS) is 10.3. The number of H-pyrrole nitrogens is 1. The van der Waals surface area contributed by atoms with E-state index in [1.165, 1.54) is 14.0 Å². The second-order valence-electron chi connectivity index (χ2n) is 3.98. The fraction of sp³-hybridized carbons (Fsp3) is 0.154. The number of Topliss-reactive ketones (excluding diaryl/α,β-unsaturated/α-hetero) is 1. The molecule has 1 N–H and O–H groups in total. The van der Waals surface area contributed by atoms with E-state index in [1.807, 2.05) is 6.07 Å². The number of aryl methyl sites for hydroxylation is 1. The van der Waals surface area contributed by atoms with Crippen LogP contribution in [0.5, 0.6) is 0 Å². The zero-order valence-corrected chi connectivity index (χ0v) is 10.1. The van der Waals surface area contributed by atoms with E-state index in [4.69, 9.17) is 0 Å². The minimum Gasteiger partial charge on any atom is -0.294 e. The van der Waals surface area contributed by atoms with Gasteiger partial charge in [0.05, 0.1) is 11.3 Å². The first-order valence-electron chi connectivity index (χ1n) is 5.42. The van der Waals surface area contributed by atoms with Gasteiger partial charge in [-0.3, -0.25) is 24.2 Å². The lowest BCUT2D eigenvalue weighted by atomic mass is 10.0. The van der Waals surface area contributed by atoms with Crippen molar-refractivity contribution in [3.8, 4) is 11.3 Å². The minimum atomic E-state index is -0.775. The van der Waals surface area contributed by atoms with Gasteiger partial charge in [-0.1, -0.05) is 30.3 Å². The molecule has 5 heteroatoms. The Balaban J connectivity index is 2.88. The van der Waals surface area contributed by atoms with Crippen molar-refractivity contribution < 1.29 is 4.79 Å². The highest BCUT2D eigenvalue weighted by Gasteiger charge is 2.17. The third-order valence-corrected chi connectivity index (χ3v) is 2.67. The second-order valence-corrected chi connectivity index (χ2v) is 3.98. The summed E-state index contributed by atoms with van der Waals surface area (Å²) in [5.74, 6) is -0.423. The maximum absolute atomic E-state index is 11.9. The lowest BCUT2D eigenvalue weighted by molar-refractivity contribution is 0.101. The van der Waals surface area contributed by atoms with Gasteiger partial charge in [0.1, 0.15) is 0 Å². The van der Waals surface area contributed by atoms with E-state index >= 15 is 0 Å². The summed E-state index contributed by atoms with van der Waals surface area (Å²) in [6.45, 7) is 1.27. The predicted molar refractivity (Wildman–Crippen MR) is 67.7 cm³/mol. The molecule has 0 spiro atoms. The number of hydrogen-bond donors (Lipinski definition) is 1. The molecule has 0 atom stereocenters. The number of aromatic nitrogens is 2. The smallest absolute Gasteiger partial charge is 0.294 e. The standard InChI is InChI=1S/C13H12N2O3/c1-8(16)10-11(9-6-4-3-5-7-9)14-15(2)13(18)12(10)17/h3-7,14H,1-2H3. The number of nitrogens with zero attached hydrogens (tertiary/aromatic N) is 1. The molecule has 18 heavy (non-hydrogen) atoms. The van der Waals surface area contributed by atoms with Crippen molar-refractivity contribution in [3.63, 3.8) is 0 Å². The molecule has 5 nitrogen and oxygen atoms in total. The summed E-state index contributed by atoms with van der Waals surface area (Å²) in [5, 5.41) is 2.77. The molecule has 0 bridgehead atoms. The monoisotopic (exact) mass is 244 g/mol. The van der Waals surface area contributed by atoms with E-state index < -0.39 is 16.8 Å². The van der Waals surface area contributed by atoms with E-state index in [9.17, 15) is 14.4 Å². The van der Waals surface area contributed by atoms with Crippen LogP contribution in [-0.2, 0) is 7.05 Å². The Labute approximate surface area is 103 Å². The van der Waals surface area contributed by atoms with Crippen LogP contribution in [0.1, 0.15) is 17.3 Å². The van der Waals surface area contributed by atoms with E-state index in [0.29, 0.717) is 11.3 Å². The molecule has 0 saturated heterocycles. The highest BCUT2D eigenvalue weighted by atomic mass is 16.2. The van der Waals surface area contributed by atoms with Crippen molar-refractivity contribution in [3.05, 3.63) is 56.5 Å². The molecule has 1 aromatic carbocycles. The van der Waals surface area contributed by atoms with E-state index in [0.717, 1.165) is 4.68 Å². The van der Waals surface area contributed by atoms with Crippen LogP contribution in [0.4, 0.5) is 0 Å². The lowest BCUT2D eigenvalue weighted by Crippen LogP contribution is -2.38. The van der Waals surface area contributed by atoms with Gasteiger partial charge in [0, 0.05) is 12.6 Å². The van der Waals surface area contributed by atoms with Crippen LogP contribution in [0.3, 0.4) is 0 Å². The molecule has 0 amide bonds. The van der Waals surface area contributed by atoms with Gasteiger partial charge in [-0.2, -0.15) is 0 Å². The molecule has 0 radical (unpaired) electrons. The quantitative estimate of drug-likeness (QED) is 0.631. The summed E-state index contributed by atoms with van der Waals surface area (Å²) in [7, 11) is 1.44. The Bertz CT molecular complexity index is 711. The summed E-state index contributed by atoms with van der Waals surface area (Å²) >= 11 is 0. The van der Waals surface area contributed by atoms with Gasteiger partial charge >= 0.3 is 5.56 Å². The molecular formula is C13H12N2O3. The van der Waals surface area contributed by atoms with Crippen LogP contribution in [-0.4, -0.2) is 15.6 Å². The molecule has 92 valence electrons. The Hall–Kier alpha value is -2.43. The van der Waals surface area contributed by atoms with Crippen molar-refractivity contribution in [1.29, 1.82) is 0 Å². The third kappa shape index (κ3) is 1.90. The van der Waals surface area contributed by atoms with Gasteiger partial charge in [0.25, 0.3) is 5.43 Å². The second kappa shape index (κ2) is 4.44. The first kappa shape index (κ1) is 12.0. The molecule has 0 aliphatic carbocycles. The number of hydrogen-bond acceptors (Lipinski definition) is 3. The van der Waals surface area contributed by atoms with Crippen LogP contribution in [0, 0.1) is 0 Å². The molecule has 2 rings (SSSR count). The van der Waals surface area contributed by atoms with Gasteiger partial charge < -0.3 is 0 Å². The fourth-order valence-corrected chi connectivity index (χ4v) is 1.80. The van der Waals surface area contributed by atoms with Crippen LogP contribution in [0.15, 0.2) is 39.9 Å². The molecule has 1 aromatic heterocycles. The number of ketones is 1. The minimum absolute atomic E-state index is 0.0932. The van der Waals surface area contributed by atoms with Gasteiger partial charge in [0.2, 0.25) is 0 Å². The summed E-state index contributed by atoms with van der Waals surface area (Å²) in [5.41, 5.74) is -0.544. The molecule has 0 aliphatic heterocycles. The maximum atomic E-state index is 11.9. The first-order chi connectivity index (χ1) is 8.52. The zero-order chi connectivity index (χ0) is 13.3. The van der Waals surface area contributed by atoms with Gasteiger partial charge in [-0.15, -0.1) is 0 Å². The first-order valence-corrected chi connectivity index (χ1v) is 5.42. The highest BCUT2D eigenvalue weighted by Crippen LogP contribution is 2.17.